The second-order valence-electron chi connectivity index (χ2n) is 9.15. The number of carbonyl (C=O) groups is 2. The van der Waals surface area contributed by atoms with E-state index < -0.39 is 0 Å². The summed E-state index contributed by atoms with van der Waals surface area (Å²) >= 11 is 0. The van der Waals surface area contributed by atoms with Crippen molar-refractivity contribution in [2.75, 3.05) is 12.1 Å². The molecule has 36 heavy (non-hydrogen) atoms. The van der Waals surface area contributed by atoms with Crippen LogP contribution in [0.5, 0.6) is 11.5 Å². The Morgan fingerprint density at radius 2 is 1.83 bits per heavy atom. The molecule has 1 aliphatic carbocycles. The Balaban J connectivity index is 1.24. The van der Waals surface area contributed by atoms with Gasteiger partial charge in [-0.15, -0.1) is 0 Å². The third-order valence-electron chi connectivity index (χ3n) is 6.54. The molecule has 2 N–H and O–H groups in total. The van der Waals surface area contributed by atoms with E-state index in [2.05, 4.69) is 15.7 Å². The molecule has 2 aliphatic rings. The van der Waals surface area contributed by atoms with Crippen LogP contribution in [0.4, 0.5) is 5.69 Å². The number of rotatable bonds is 6. The predicted octanol–water partition coefficient (Wildman–Crippen LogP) is 4.07. The van der Waals surface area contributed by atoms with E-state index in [9.17, 15) is 9.59 Å². The van der Waals surface area contributed by atoms with E-state index in [-0.39, 0.29) is 18.6 Å². The van der Waals surface area contributed by atoms with Crippen LogP contribution in [0, 0.1) is 6.92 Å². The lowest BCUT2D eigenvalue weighted by molar-refractivity contribution is 0.0951. The minimum Gasteiger partial charge on any atom is -0.454 e. The number of nitrogens with zero attached hydrogens (tertiary/aromatic N) is 3. The highest BCUT2D eigenvalue weighted by molar-refractivity contribution is 6.14. The largest absolute Gasteiger partial charge is 0.454 e. The van der Waals surface area contributed by atoms with Gasteiger partial charge in [0.05, 0.1) is 27.9 Å². The molecule has 2 amide bonds. The molecular formula is C27H25N5O4. The van der Waals surface area contributed by atoms with Crippen molar-refractivity contribution >= 4 is 28.5 Å². The molecule has 0 atom stereocenters. The van der Waals surface area contributed by atoms with Gasteiger partial charge in [-0.1, -0.05) is 18.2 Å². The van der Waals surface area contributed by atoms with Crippen molar-refractivity contribution in [3.63, 3.8) is 0 Å². The zero-order valence-corrected chi connectivity index (χ0v) is 20.0. The summed E-state index contributed by atoms with van der Waals surface area (Å²) in [6.45, 7) is 2.38. The number of fused-ring (bicyclic) bond motifs is 2. The molecule has 1 saturated carbocycles. The Morgan fingerprint density at radius 1 is 1.03 bits per heavy atom. The number of hydrogen-bond donors (Lipinski definition) is 2. The second kappa shape index (κ2) is 8.67. The van der Waals surface area contributed by atoms with E-state index in [1.807, 2.05) is 38.2 Å². The fourth-order valence-electron chi connectivity index (χ4n) is 4.54. The van der Waals surface area contributed by atoms with Gasteiger partial charge in [0, 0.05) is 25.2 Å². The third kappa shape index (κ3) is 4.02. The first-order valence-electron chi connectivity index (χ1n) is 11.9. The monoisotopic (exact) mass is 483 g/mol. The van der Waals surface area contributed by atoms with Gasteiger partial charge in [-0.05, 0) is 55.7 Å². The zero-order valence-electron chi connectivity index (χ0n) is 20.0. The van der Waals surface area contributed by atoms with Crippen LogP contribution in [0.3, 0.4) is 0 Å². The molecular weight excluding hydrogens is 458 g/mol. The smallest absolute Gasteiger partial charge is 0.256 e. The summed E-state index contributed by atoms with van der Waals surface area (Å²) in [7, 11) is 1.83. The summed E-state index contributed by atoms with van der Waals surface area (Å²) in [5.41, 5.74) is 4.55. The predicted molar refractivity (Wildman–Crippen MR) is 133 cm³/mol. The first kappa shape index (κ1) is 22.1. The van der Waals surface area contributed by atoms with Crippen molar-refractivity contribution in [3.8, 4) is 11.5 Å². The second-order valence-corrected chi connectivity index (χ2v) is 9.15. The van der Waals surface area contributed by atoms with Crippen LogP contribution in [0.25, 0.3) is 11.0 Å². The van der Waals surface area contributed by atoms with Gasteiger partial charge in [0.2, 0.25) is 6.79 Å². The SMILES string of the molecule is Cc1nn(C)c2nc(C3CC3)cc(C(=O)Nc3ccccc3C(=O)NCc3ccc4c(c3)OCO4)c12. The Bertz CT molecular complexity index is 1520. The average Bonchev–Trinajstić information content (AvgIpc) is 3.56. The van der Waals surface area contributed by atoms with E-state index in [4.69, 9.17) is 14.5 Å². The number of benzene rings is 2. The maximum atomic E-state index is 13.5. The number of aromatic nitrogens is 3. The fraction of sp³-hybridized carbons (Fsp3) is 0.259. The van der Waals surface area contributed by atoms with Crippen LogP contribution in [0.15, 0.2) is 48.5 Å². The number of anilines is 1. The zero-order chi connectivity index (χ0) is 24.8. The summed E-state index contributed by atoms with van der Waals surface area (Å²) in [5, 5.41) is 11.1. The Kier molecular flexibility index (Phi) is 5.32. The number of hydrogen-bond acceptors (Lipinski definition) is 6. The number of carbonyl (C=O) groups excluding carboxylic acids is 2. The summed E-state index contributed by atoms with van der Waals surface area (Å²) < 4.78 is 12.5. The summed E-state index contributed by atoms with van der Waals surface area (Å²) in [6, 6.07) is 14.4. The first-order chi connectivity index (χ1) is 17.5. The average molecular weight is 484 g/mol. The number of ether oxygens (including phenoxy) is 2. The minimum absolute atomic E-state index is 0.197. The molecule has 2 aromatic heterocycles. The summed E-state index contributed by atoms with van der Waals surface area (Å²) in [4.78, 5) is 31.4. The third-order valence-corrected chi connectivity index (χ3v) is 6.54. The van der Waals surface area contributed by atoms with Crippen molar-refractivity contribution in [3.05, 3.63) is 76.6 Å². The topological polar surface area (TPSA) is 107 Å². The number of nitrogens with one attached hydrogen (secondary N) is 2. The molecule has 1 fully saturated rings. The van der Waals surface area contributed by atoms with E-state index >= 15 is 0 Å². The molecule has 9 nitrogen and oxygen atoms in total. The Hall–Kier alpha value is -4.40. The van der Waals surface area contributed by atoms with Crippen molar-refractivity contribution < 1.29 is 19.1 Å². The normalized spacial score (nSPS) is 14.2. The molecule has 4 aromatic rings. The van der Waals surface area contributed by atoms with Crippen molar-refractivity contribution in [1.82, 2.24) is 20.1 Å². The Morgan fingerprint density at radius 3 is 2.67 bits per heavy atom. The molecule has 0 bridgehead atoms. The van der Waals surface area contributed by atoms with E-state index in [1.54, 1.807) is 28.9 Å². The first-order valence-corrected chi connectivity index (χ1v) is 11.9. The van der Waals surface area contributed by atoms with E-state index in [0.717, 1.165) is 35.2 Å². The maximum absolute atomic E-state index is 13.5. The van der Waals surface area contributed by atoms with Gasteiger partial charge in [-0.3, -0.25) is 14.3 Å². The number of pyridine rings is 1. The molecule has 9 heteroatoms. The van der Waals surface area contributed by atoms with Crippen molar-refractivity contribution in [2.45, 2.75) is 32.2 Å². The van der Waals surface area contributed by atoms with Crippen LogP contribution in [0.2, 0.25) is 0 Å². The van der Waals surface area contributed by atoms with Gasteiger partial charge < -0.3 is 20.1 Å². The standard InChI is InChI=1S/C27H25N5O4/c1-15-24-19(12-21(17-8-9-17)29-25(24)32(2)31-15)27(34)30-20-6-4-3-5-18(20)26(33)28-13-16-7-10-22-23(11-16)36-14-35-22/h3-7,10-12,17H,8-9,13-14H2,1-2H3,(H,28,33)(H,30,34). The minimum atomic E-state index is -0.295. The lowest BCUT2D eigenvalue weighted by Gasteiger charge is -2.13. The Labute approximate surface area is 207 Å². The van der Waals surface area contributed by atoms with Crippen LogP contribution in [0.1, 0.15) is 56.4 Å². The molecule has 2 aromatic carbocycles. The van der Waals surface area contributed by atoms with Gasteiger partial charge in [-0.25, -0.2) is 4.98 Å². The lowest BCUT2D eigenvalue weighted by atomic mass is 10.1. The molecule has 3 heterocycles. The molecule has 0 spiro atoms. The van der Waals surface area contributed by atoms with Gasteiger partial charge in [0.25, 0.3) is 11.8 Å². The van der Waals surface area contributed by atoms with Crippen molar-refractivity contribution in [2.24, 2.45) is 7.05 Å². The van der Waals surface area contributed by atoms with Gasteiger partial charge in [0.1, 0.15) is 0 Å². The quantitative estimate of drug-likeness (QED) is 0.428. The molecule has 0 unspecified atom stereocenters. The molecule has 6 rings (SSSR count). The van der Waals surface area contributed by atoms with Crippen LogP contribution < -0.4 is 20.1 Å². The summed E-state index contributed by atoms with van der Waals surface area (Å²) in [5.74, 6) is 1.15. The van der Waals surface area contributed by atoms with Crippen molar-refractivity contribution in [1.29, 1.82) is 0 Å². The molecule has 0 saturated heterocycles. The highest BCUT2D eigenvalue weighted by Crippen LogP contribution is 2.40. The van der Waals surface area contributed by atoms with E-state index in [0.29, 0.717) is 46.4 Å². The highest BCUT2D eigenvalue weighted by atomic mass is 16.7. The number of para-hydroxylation sites is 1. The fourth-order valence-corrected chi connectivity index (χ4v) is 4.54. The molecule has 1 aliphatic heterocycles. The van der Waals surface area contributed by atoms with Gasteiger partial charge >= 0.3 is 0 Å². The summed E-state index contributed by atoms with van der Waals surface area (Å²) in [6.07, 6.45) is 2.14. The van der Waals surface area contributed by atoms with Gasteiger partial charge in [0.15, 0.2) is 17.1 Å². The molecule has 0 radical (unpaired) electrons. The number of amides is 2. The van der Waals surface area contributed by atoms with Gasteiger partial charge in [-0.2, -0.15) is 5.10 Å². The molecule has 182 valence electrons. The lowest BCUT2D eigenvalue weighted by Crippen LogP contribution is -2.25. The highest BCUT2D eigenvalue weighted by Gasteiger charge is 2.29. The van der Waals surface area contributed by atoms with Crippen LogP contribution in [-0.4, -0.2) is 33.4 Å². The number of aryl methyl sites for hydroxylation is 2. The van der Waals surface area contributed by atoms with Crippen LogP contribution in [-0.2, 0) is 13.6 Å². The van der Waals surface area contributed by atoms with Crippen LogP contribution >= 0.6 is 0 Å². The van der Waals surface area contributed by atoms with E-state index in [1.165, 1.54) is 0 Å². The maximum Gasteiger partial charge on any atom is 0.256 e.